The monoisotopic (exact) mass is 417 g/mol. The smallest absolute Gasteiger partial charge is 0.244 e. The third-order valence-corrected chi connectivity index (χ3v) is 5.00. The maximum atomic E-state index is 13.7. The summed E-state index contributed by atoms with van der Waals surface area (Å²) in [5.41, 5.74) is -0.503. The summed E-state index contributed by atoms with van der Waals surface area (Å²) in [5, 5.41) is 2.22. The van der Waals surface area contributed by atoms with Crippen molar-refractivity contribution in [2.24, 2.45) is 0 Å². The average Bonchev–Trinajstić information content (AvgIpc) is 2.76. The van der Waals surface area contributed by atoms with Crippen molar-refractivity contribution in [1.82, 2.24) is 14.8 Å². The van der Waals surface area contributed by atoms with E-state index < -0.39 is 23.2 Å². The number of nitrogens with zero attached hydrogens (tertiary/aromatic N) is 4. The molecule has 0 aliphatic carbocycles. The Hall–Kier alpha value is -3.07. The van der Waals surface area contributed by atoms with E-state index in [0.29, 0.717) is 19.6 Å². The fourth-order valence-corrected chi connectivity index (χ4v) is 3.31. The molecule has 1 N–H and O–H groups in total. The van der Waals surface area contributed by atoms with Gasteiger partial charge in [0.2, 0.25) is 11.8 Å². The second-order valence-electron chi connectivity index (χ2n) is 7.00. The minimum atomic E-state index is -0.858. The number of piperazine rings is 1. The number of carbonyl (C=O) groups excluding carboxylic acids is 2. The Morgan fingerprint density at radius 3 is 2.37 bits per heavy atom. The molecule has 160 valence electrons. The summed E-state index contributed by atoms with van der Waals surface area (Å²) in [7, 11) is 0. The normalized spacial score (nSPS) is 14.4. The summed E-state index contributed by atoms with van der Waals surface area (Å²) in [5.74, 6) is -1.65. The first-order valence-electron chi connectivity index (χ1n) is 9.88. The number of carbonyl (C=O) groups is 2. The molecule has 2 heterocycles. The van der Waals surface area contributed by atoms with Crippen LogP contribution in [0.1, 0.15) is 6.92 Å². The number of nitrogens with one attached hydrogen (secondary N) is 1. The highest BCUT2D eigenvalue weighted by molar-refractivity contribution is 5.95. The number of anilines is 2. The fraction of sp³-hybridized carbons (Fsp3) is 0.381. The van der Waals surface area contributed by atoms with Crippen LogP contribution in [0.25, 0.3) is 0 Å². The van der Waals surface area contributed by atoms with Crippen molar-refractivity contribution in [3.8, 4) is 0 Å². The lowest BCUT2D eigenvalue weighted by Gasteiger charge is -2.35. The molecule has 0 saturated carbocycles. The number of amides is 2. The molecule has 0 atom stereocenters. The molecule has 9 heteroatoms. The number of hydrogen-bond donors (Lipinski definition) is 1. The van der Waals surface area contributed by atoms with E-state index in [1.54, 1.807) is 13.1 Å². The minimum Gasteiger partial charge on any atom is -0.354 e. The van der Waals surface area contributed by atoms with E-state index in [2.05, 4.69) is 15.2 Å². The zero-order valence-corrected chi connectivity index (χ0v) is 16.9. The number of halogens is 2. The van der Waals surface area contributed by atoms with Gasteiger partial charge in [0, 0.05) is 38.9 Å². The molecule has 30 heavy (non-hydrogen) atoms. The van der Waals surface area contributed by atoms with Gasteiger partial charge in [-0.15, -0.1) is 0 Å². The van der Waals surface area contributed by atoms with Gasteiger partial charge in [-0.2, -0.15) is 0 Å². The van der Waals surface area contributed by atoms with Gasteiger partial charge in [0.05, 0.1) is 13.1 Å². The standard InChI is InChI=1S/C21H25F2N5O2/c1-2-27(14-19(29)25-21-16(22)6-5-7-17(21)23)20(30)15-26-10-12-28(13-11-26)18-8-3-4-9-24-18/h3-9H,2,10-15H2,1H3,(H,25,29). The molecule has 0 unspecified atom stereocenters. The molecule has 0 bridgehead atoms. The lowest BCUT2D eigenvalue weighted by Crippen LogP contribution is -2.51. The van der Waals surface area contributed by atoms with Crippen molar-refractivity contribution in [3.63, 3.8) is 0 Å². The molecule has 0 spiro atoms. The van der Waals surface area contributed by atoms with Gasteiger partial charge in [0.25, 0.3) is 0 Å². The molecule has 1 fully saturated rings. The van der Waals surface area contributed by atoms with E-state index in [1.807, 2.05) is 23.1 Å². The minimum absolute atomic E-state index is 0.186. The lowest BCUT2D eigenvalue weighted by molar-refractivity contribution is -0.135. The summed E-state index contributed by atoms with van der Waals surface area (Å²) in [6.07, 6.45) is 1.75. The van der Waals surface area contributed by atoms with Crippen molar-refractivity contribution in [2.45, 2.75) is 6.92 Å². The molecule has 1 aliphatic heterocycles. The van der Waals surface area contributed by atoms with Gasteiger partial charge in [0.1, 0.15) is 23.1 Å². The highest BCUT2D eigenvalue weighted by Crippen LogP contribution is 2.18. The summed E-state index contributed by atoms with van der Waals surface area (Å²) in [6.45, 7) is 4.90. The van der Waals surface area contributed by atoms with Crippen LogP contribution in [0.15, 0.2) is 42.6 Å². The van der Waals surface area contributed by atoms with E-state index >= 15 is 0 Å². The first-order valence-corrected chi connectivity index (χ1v) is 9.88. The van der Waals surface area contributed by atoms with Crippen LogP contribution < -0.4 is 10.2 Å². The number of aromatic nitrogens is 1. The van der Waals surface area contributed by atoms with Gasteiger partial charge in [-0.1, -0.05) is 12.1 Å². The molecule has 3 rings (SSSR count). The Kier molecular flexibility index (Phi) is 7.29. The molecule has 0 radical (unpaired) electrons. The molecular formula is C21H25F2N5O2. The van der Waals surface area contributed by atoms with E-state index in [-0.39, 0.29) is 19.0 Å². The molecule has 1 aromatic carbocycles. The van der Waals surface area contributed by atoms with E-state index in [1.165, 1.54) is 11.0 Å². The molecular weight excluding hydrogens is 392 g/mol. The summed E-state index contributed by atoms with van der Waals surface area (Å²) >= 11 is 0. The van der Waals surface area contributed by atoms with E-state index in [4.69, 9.17) is 0 Å². The fourth-order valence-electron chi connectivity index (χ4n) is 3.31. The van der Waals surface area contributed by atoms with Crippen LogP contribution in [0.5, 0.6) is 0 Å². The van der Waals surface area contributed by atoms with Gasteiger partial charge >= 0.3 is 0 Å². The second-order valence-corrected chi connectivity index (χ2v) is 7.00. The van der Waals surface area contributed by atoms with E-state index in [0.717, 1.165) is 31.0 Å². The first-order chi connectivity index (χ1) is 14.5. The maximum absolute atomic E-state index is 13.7. The Bertz CT molecular complexity index is 853. The van der Waals surface area contributed by atoms with Crippen molar-refractivity contribution in [3.05, 3.63) is 54.2 Å². The summed E-state index contributed by atoms with van der Waals surface area (Å²) in [6, 6.07) is 9.11. The summed E-state index contributed by atoms with van der Waals surface area (Å²) < 4.78 is 27.4. The molecule has 1 aromatic heterocycles. The van der Waals surface area contributed by atoms with Crippen LogP contribution >= 0.6 is 0 Å². The van der Waals surface area contributed by atoms with Gasteiger partial charge in [0.15, 0.2) is 0 Å². The molecule has 1 saturated heterocycles. The maximum Gasteiger partial charge on any atom is 0.244 e. The van der Waals surface area contributed by atoms with Crippen LogP contribution in [0, 0.1) is 11.6 Å². The lowest BCUT2D eigenvalue weighted by atomic mass is 10.2. The van der Waals surface area contributed by atoms with Gasteiger partial charge in [-0.05, 0) is 31.2 Å². The number of rotatable bonds is 7. The predicted molar refractivity (Wildman–Crippen MR) is 110 cm³/mol. The zero-order valence-electron chi connectivity index (χ0n) is 16.9. The quantitative estimate of drug-likeness (QED) is 0.746. The SMILES string of the molecule is CCN(CC(=O)Nc1c(F)cccc1F)C(=O)CN1CCN(c2ccccn2)CC1. The highest BCUT2D eigenvalue weighted by Gasteiger charge is 2.23. The molecule has 1 aliphatic rings. The second kappa shape index (κ2) is 10.1. The summed E-state index contributed by atoms with van der Waals surface area (Å²) in [4.78, 5) is 34.8. The van der Waals surface area contributed by atoms with Crippen LogP contribution in [0.4, 0.5) is 20.3 Å². The number of benzene rings is 1. The Balaban J connectivity index is 1.49. The Morgan fingerprint density at radius 2 is 1.77 bits per heavy atom. The Labute approximate surface area is 174 Å². The third kappa shape index (κ3) is 5.50. The number of hydrogen-bond acceptors (Lipinski definition) is 5. The number of pyridine rings is 1. The van der Waals surface area contributed by atoms with E-state index in [9.17, 15) is 18.4 Å². The van der Waals surface area contributed by atoms with Gasteiger partial charge in [-0.3, -0.25) is 14.5 Å². The van der Waals surface area contributed by atoms with Crippen molar-refractivity contribution >= 4 is 23.3 Å². The van der Waals surface area contributed by atoms with Gasteiger partial charge in [-0.25, -0.2) is 13.8 Å². The number of likely N-dealkylation sites (N-methyl/N-ethyl adjacent to an activating group) is 1. The van der Waals surface area contributed by atoms with Crippen LogP contribution in [0.3, 0.4) is 0 Å². The average molecular weight is 417 g/mol. The third-order valence-electron chi connectivity index (χ3n) is 5.00. The Morgan fingerprint density at radius 1 is 1.07 bits per heavy atom. The van der Waals surface area contributed by atoms with Gasteiger partial charge < -0.3 is 15.1 Å². The van der Waals surface area contributed by atoms with Crippen LogP contribution in [0.2, 0.25) is 0 Å². The van der Waals surface area contributed by atoms with Crippen molar-refractivity contribution < 1.29 is 18.4 Å². The van der Waals surface area contributed by atoms with Crippen molar-refractivity contribution in [2.75, 3.05) is 56.0 Å². The number of para-hydroxylation sites is 1. The van der Waals surface area contributed by atoms with Crippen molar-refractivity contribution in [1.29, 1.82) is 0 Å². The molecule has 7 nitrogen and oxygen atoms in total. The highest BCUT2D eigenvalue weighted by atomic mass is 19.1. The predicted octanol–water partition coefficient (Wildman–Crippen LogP) is 1.97. The first kappa shape index (κ1) is 21.6. The van der Waals surface area contributed by atoms with Crippen LogP contribution in [-0.4, -0.2) is 72.4 Å². The largest absolute Gasteiger partial charge is 0.354 e. The molecule has 2 aromatic rings. The zero-order chi connectivity index (χ0) is 21.5. The van der Waals surface area contributed by atoms with Crippen LogP contribution in [-0.2, 0) is 9.59 Å². The molecule has 2 amide bonds. The topological polar surface area (TPSA) is 68.8 Å².